The van der Waals surface area contributed by atoms with Crippen LogP contribution in [0.1, 0.15) is 459 Å². The SMILES string of the molecule is CCCCCCCCCCCCCCCCCCCCCC(=O)OC[C@H](COP(=O)(O)OC[C@@H](O)COP(=O)(O)OC[C@@H](COC(=O)CCCCCCCCCCC(C)C)OC(=O)CCCCCCCCCCCCCCCC)OC(=O)CCCCCCCCCCCCCCCCCCCCC(C)C. The van der Waals surface area contributed by atoms with E-state index in [1.54, 1.807) is 0 Å². The predicted molar refractivity (Wildman–Crippen MR) is 432 cm³/mol. The number of unbranched alkanes of at least 4 members (excludes halogenated alkanes) is 55. The number of phosphoric acid groups is 2. The zero-order valence-electron chi connectivity index (χ0n) is 69.0. The first-order valence-electron chi connectivity index (χ1n) is 44.5. The minimum atomic E-state index is -4.97. The summed E-state index contributed by atoms with van der Waals surface area (Å²) in [6, 6.07) is 0. The smallest absolute Gasteiger partial charge is 0.462 e. The highest BCUT2D eigenvalue weighted by atomic mass is 31.2. The van der Waals surface area contributed by atoms with Gasteiger partial charge in [0, 0.05) is 25.7 Å². The first-order chi connectivity index (χ1) is 50.9. The summed E-state index contributed by atoms with van der Waals surface area (Å²) in [6.07, 6.45) is 69.5. The van der Waals surface area contributed by atoms with Crippen LogP contribution in [0, 0.1) is 11.8 Å². The lowest BCUT2D eigenvalue weighted by Crippen LogP contribution is -2.30. The van der Waals surface area contributed by atoms with E-state index in [9.17, 15) is 43.2 Å². The number of carbonyl (C=O) groups is 4. The second kappa shape index (κ2) is 77.4. The van der Waals surface area contributed by atoms with E-state index in [1.165, 1.54) is 276 Å². The van der Waals surface area contributed by atoms with Gasteiger partial charge < -0.3 is 33.8 Å². The van der Waals surface area contributed by atoms with Crippen molar-refractivity contribution < 1.29 is 80.2 Å². The van der Waals surface area contributed by atoms with E-state index in [0.29, 0.717) is 25.7 Å². The van der Waals surface area contributed by atoms with Crippen LogP contribution in [0.4, 0.5) is 0 Å². The third kappa shape index (κ3) is 79.9. The molecule has 0 aliphatic rings. The maximum absolute atomic E-state index is 13.1. The fraction of sp³-hybridized carbons (Fsp3) is 0.953. The Balaban J connectivity index is 5.23. The monoisotopic (exact) mass is 1540 g/mol. The molecule has 2 unspecified atom stereocenters. The Labute approximate surface area is 645 Å². The molecule has 0 spiro atoms. The zero-order chi connectivity index (χ0) is 77.1. The average molecular weight is 1540 g/mol. The normalized spacial score (nSPS) is 13.8. The fourth-order valence-electron chi connectivity index (χ4n) is 13.4. The largest absolute Gasteiger partial charge is 0.472 e. The quantitative estimate of drug-likeness (QED) is 0.0222. The Morgan fingerprint density at radius 1 is 0.257 bits per heavy atom. The summed E-state index contributed by atoms with van der Waals surface area (Å²) in [4.78, 5) is 73.2. The molecule has 0 heterocycles. The predicted octanol–water partition coefficient (Wildman–Crippen LogP) is 26.2. The zero-order valence-corrected chi connectivity index (χ0v) is 70.8. The van der Waals surface area contributed by atoms with Gasteiger partial charge >= 0.3 is 39.5 Å². The second-order valence-electron chi connectivity index (χ2n) is 31.9. The van der Waals surface area contributed by atoms with Gasteiger partial charge in [-0.1, -0.05) is 408 Å². The van der Waals surface area contributed by atoms with E-state index in [0.717, 1.165) is 102 Å². The molecular formula is C86H168O17P2. The summed E-state index contributed by atoms with van der Waals surface area (Å²) in [5, 5.41) is 10.7. The Morgan fingerprint density at radius 3 is 0.648 bits per heavy atom. The van der Waals surface area contributed by atoms with Crippen molar-refractivity contribution in [2.45, 2.75) is 477 Å². The summed E-state index contributed by atoms with van der Waals surface area (Å²) >= 11 is 0. The van der Waals surface area contributed by atoms with Crippen molar-refractivity contribution in [3.63, 3.8) is 0 Å². The van der Waals surface area contributed by atoms with Crippen molar-refractivity contribution in [3.8, 4) is 0 Å². The molecule has 0 aromatic rings. The summed E-state index contributed by atoms with van der Waals surface area (Å²) in [6.45, 7) is 9.67. The van der Waals surface area contributed by atoms with E-state index in [-0.39, 0.29) is 25.7 Å². The van der Waals surface area contributed by atoms with Crippen LogP contribution in [0.15, 0.2) is 0 Å². The molecular weight excluding hydrogens is 1370 g/mol. The molecule has 0 aromatic heterocycles. The summed E-state index contributed by atoms with van der Waals surface area (Å²) in [5.74, 6) is -0.555. The molecule has 0 aliphatic heterocycles. The van der Waals surface area contributed by atoms with Crippen LogP contribution in [0.2, 0.25) is 0 Å². The highest BCUT2D eigenvalue weighted by Crippen LogP contribution is 2.45. The number of aliphatic hydroxyl groups is 1. The van der Waals surface area contributed by atoms with Gasteiger partial charge in [-0.15, -0.1) is 0 Å². The van der Waals surface area contributed by atoms with Crippen LogP contribution in [0.5, 0.6) is 0 Å². The maximum Gasteiger partial charge on any atom is 0.472 e. The van der Waals surface area contributed by atoms with Gasteiger partial charge in [-0.05, 0) is 37.5 Å². The molecule has 0 rings (SSSR count). The Kier molecular flexibility index (Phi) is 76.0. The standard InChI is InChI=1S/C86H168O17P2/c1-7-9-11-13-15-17-19-21-23-24-25-29-32-36-39-43-50-56-62-68-83(88)96-74-81(102-86(91)71-65-59-53-45-41-37-33-30-27-26-28-31-34-38-42-48-54-60-66-78(3)4)76-100-104(92,93)98-72-80(87)73-99-105(94,95)101-77-82(75-97-84(89)69-63-57-51-47-46-49-55-61-67-79(5)6)103-85(90)70-64-58-52-44-40-35-22-20-18-16-14-12-10-8-2/h78-82,87H,7-77H2,1-6H3,(H,92,93)(H,94,95)/t80-,81-,82-/m1/s1. The lowest BCUT2D eigenvalue weighted by atomic mass is 10.0. The number of phosphoric ester groups is 2. The van der Waals surface area contributed by atoms with Crippen LogP contribution in [0.3, 0.4) is 0 Å². The van der Waals surface area contributed by atoms with Gasteiger partial charge in [-0.2, -0.15) is 0 Å². The molecule has 3 N–H and O–H groups in total. The van der Waals surface area contributed by atoms with Crippen molar-refractivity contribution >= 4 is 39.5 Å². The number of esters is 4. The van der Waals surface area contributed by atoms with Crippen molar-refractivity contribution in [1.82, 2.24) is 0 Å². The molecule has 0 bridgehead atoms. The maximum atomic E-state index is 13.1. The minimum absolute atomic E-state index is 0.108. The van der Waals surface area contributed by atoms with E-state index in [1.807, 2.05) is 0 Å². The van der Waals surface area contributed by atoms with Crippen molar-refractivity contribution in [2.75, 3.05) is 39.6 Å². The third-order valence-electron chi connectivity index (χ3n) is 20.2. The molecule has 0 fully saturated rings. The molecule has 0 saturated heterocycles. The number of hydrogen-bond donors (Lipinski definition) is 3. The Hall–Kier alpha value is -1.94. The van der Waals surface area contributed by atoms with Gasteiger partial charge in [0.15, 0.2) is 12.2 Å². The summed E-state index contributed by atoms with van der Waals surface area (Å²) in [5.41, 5.74) is 0. The van der Waals surface area contributed by atoms with Gasteiger partial charge in [-0.25, -0.2) is 9.13 Å². The average Bonchev–Trinajstić information content (AvgIpc) is 0.905. The molecule has 17 nitrogen and oxygen atoms in total. The van der Waals surface area contributed by atoms with Gasteiger partial charge in [0.05, 0.1) is 26.4 Å². The number of carbonyl (C=O) groups excluding carboxylic acids is 4. The van der Waals surface area contributed by atoms with Gasteiger partial charge in [0.25, 0.3) is 0 Å². The molecule has 0 aliphatic carbocycles. The highest BCUT2D eigenvalue weighted by Gasteiger charge is 2.30. The molecule has 19 heteroatoms. The van der Waals surface area contributed by atoms with Crippen LogP contribution in [-0.2, 0) is 65.4 Å². The molecule has 0 aromatic carbocycles. The molecule has 0 radical (unpaired) electrons. The Bertz CT molecular complexity index is 2010. The lowest BCUT2D eigenvalue weighted by Gasteiger charge is -2.21. The fourth-order valence-corrected chi connectivity index (χ4v) is 15.0. The number of hydrogen-bond acceptors (Lipinski definition) is 15. The first kappa shape index (κ1) is 103. The van der Waals surface area contributed by atoms with Crippen LogP contribution in [-0.4, -0.2) is 96.7 Å². The third-order valence-corrected chi connectivity index (χ3v) is 22.1. The van der Waals surface area contributed by atoms with E-state index < -0.39 is 97.5 Å². The van der Waals surface area contributed by atoms with E-state index in [4.69, 9.17) is 37.0 Å². The van der Waals surface area contributed by atoms with Crippen LogP contribution >= 0.6 is 15.6 Å². The molecule has 105 heavy (non-hydrogen) atoms. The minimum Gasteiger partial charge on any atom is -0.462 e. The number of aliphatic hydroxyl groups excluding tert-OH is 1. The summed E-state index contributed by atoms with van der Waals surface area (Å²) < 4.78 is 68.9. The molecule has 0 saturated carbocycles. The van der Waals surface area contributed by atoms with E-state index >= 15 is 0 Å². The van der Waals surface area contributed by atoms with Crippen molar-refractivity contribution in [3.05, 3.63) is 0 Å². The Morgan fingerprint density at radius 2 is 0.438 bits per heavy atom. The van der Waals surface area contributed by atoms with Gasteiger partial charge in [0.1, 0.15) is 19.3 Å². The molecule has 0 amide bonds. The first-order valence-corrected chi connectivity index (χ1v) is 47.5. The topological polar surface area (TPSA) is 237 Å². The number of rotatable bonds is 85. The summed E-state index contributed by atoms with van der Waals surface area (Å²) in [7, 11) is -9.93. The molecule has 5 atom stereocenters. The van der Waals surface area contributed by atoms with Crippen molar-refractivity contribution in [2.24, 2.45) is 11.8 Å². The number of ether oxygens (including phenoxy) is 4. The second-order valence-corrected chi connectivity index (χ2v) is 34.8. The highest BCUT2D eigenvalue weighted by molar-refractivity contribution is 7.47. The van der Waals surface area contributed by atoms with Crippen LogP contribution < -0.4 is 0 Å². The van der Waals surface area contributed by atoms with Gasteiger partial charge in [-0.3, -0.25) is 37.3 Å². The van der Waals surface area contributed by atoms with Crippen molar-refractivity contribution in [1.29, 1.82) is 0 Å². The van der Waals surface area contributed by atoms with Gasteiger partial charge in [0.2, 0.25) is 0 Å². The van der Waals surface area contributed by atoms with E-state index in [2.05, 4.69) is 41.5 Å². The van der Waals surface area contributed by atoms with Crippen LogP contribution in [0.25, 0.3) is 0 Å². The molecule has 624 valence electrons. The lowest BCUT2D eigenvalue weighted by molar-refractivity contribution is -0.161.